The number of aryl methyl sites for hydroxylation is 2. The van der Waals surface area contributed by atoms with Gasteiger partial charge in [-0.1, -0.05) is 35.9 Å². The van der Waals surface area contributed by atoms with Crippen molar-refractivity contribution in [2.75, 3.05) is 11.9 Å². The number of carbonyl (C=O) groups excluding carboxylic acids is 1. The van der Waals surface area contributed by atoms with Crippen LogP contribution in [0.1, 0.15) is 30.5 Å². The molecule has 162 valence electrons. The number of nitrogens with one attached hydrogen (secondary N) is 1. The van der Waals surface area contributed by atoms with Crippen molar-refractivity contribution in [3.8, 4) is 16.9 Å². The standard InChI is InChI=1S/C27H26N2O3/c1-5-31-24-15-25-22(23(16-32-25)20-10-8-17(2)9-11-20)14-21(24)19(4)13-26(30)29-27-18(3)7-6-12-28-27/h6-16H,5H2,1-4H3,(H,28,29,30)/b19-13+. The third-order valence-corrected chi connectivity index (χ3v) is 5.36. The molecule has 4 rings (SSSR count). The van der Waals surface area contributed by atoms with Crippen LogP contribution >= 0.6 is 0 Å². The average Bonchev–Trinajstić information content (AvgIpc) is 3.18. The normalized spacial score (nSPS) is 11.6. The van der Waals surface area contributed by atoms with Gasteiger partial charge in [-0.2, -0.15) is 0 Å². The number of ether oxygens (including phenoxy) is 1. The fraction of sp³-hybridized carbons (Fsp3) is 0.185. The van der Waals surface area contributed by atoms with Crippen LogP contribution in [0, 0.1) is 13.8 Å². The van der Waals surface area contributed by atoms with Crippen molar-refractivity contribution in [3.63, 3.8) is 0 Å². The summed E-state index contributed by atoms with van der Waals surface area (Å²) in [5, 5.41) is 3.82. The lowest BCUT2D eigenvalue weighted by atomic mass is 9.99. The SMILES string of the molecule is CCOc1cc2occ(-c3ccc(C)cc3)c2cc1/C(C)=C/C(=O)Nc1ncccc1C. The Morgan fingerprint density at radius 3 is 2.66 bits per heavy atom. The van der Waals surface area contributed by atoms with Gasteiger partial charge in [-0.15, -0.1) is 0 Å². The van der Waals surface area contributed by atoms with E-state index >= 15 is 0 Å². The predicted octanol–water partition coefficient (Wildman–Crippen LogP) is 6.55. The number of furan rings is 1. The van der Waals surface area contributed by atoms with E-state index in [9.17, 15) is 4.79 Å². The Balaban J connectivity index is 1.73. The Labute approximate surface area is 187 Å². The van der Waals surface area contributed by atoms with E-state index in [1.165, 1.54) is 5.56 Å². The van der Waals surface area contributed by atoms with Crippen molar-refractivity contribution in [2.24, 2.45) is 0 Å². The fourth-order valence-electron chi connectivity index (χ4n) is 3.64. The Morgan fingerprint density at radius 2 is 1.94 bits per heavy atom. The summed E-state index contributed by atoms with van der Waals surface area (Å²) in [4.78, 5) is 16.9. The van der Waals surface area contributed by atoms with Gasteiger partial charge in [0.1, 0.15) is 17.2 Å². The molecule has 2 aromatic heterocycles. The molecular formula is C27H26N2O3. The predicted molar refractivity (Wildman–Crippen MR) is 129 cm³/mol. The number of rotatable bonds is 6. The molecular weight excluding hydrogens is 400 g/mol. The van der Waals surface area contributed by atoms with Crippen molar-refractivity contribution in [3.05, 3.63) is 83.8 Å². The summed E-state index contributed by atoms with van der Waals surface area (Å²) in [5.41, 5.74) is 6.58. The monoisotopic (exact) mass is 426 g/mol. The summed E-state index contributed by atoms with van der Waals surface area (Å²) in [6, 6.07) is 16.0. The molecule has 1 amide bonds. The summed E-state index contributed by atoms with van der Waals surface area (Å²) in [6.07, 6.45) is 5.00. The van der Waals surface area contributed by atoms with E-state index in [1.54, 1.807) is 18.5 Å². The number of amides is 1. The zero-order chi connectivity index (χ0) is 22.7. The van der Waals surface area contributed by atoms with Crippen LogP contribution in [-0.4, -0.2) is 17.5 Å². The third-order valence-electron chi connectivity index (χ3n) is 5.36. The summed E-state index contributed by atoms with van der Waals surface area (Å²) in [5.74, 6) is 0.997. The number of carbonyl (C=O) groups is 1. The number of fused-ring (bicyclic) bond motifs is 1. The molecule has 0 aliphatic rings. The highest BCUT2D eigenvalue weighted by Gasteiger charge is 2.15. The molecule has 0 aliphatic carbocycles. The lowest BCUT2D eigenvalue weighted by Gasteiger charge is -2.12. The maximum absolute atomic E-state index is 12.7. The molecule has 1 N–H and O–H groups in total. The molecule has 0 bridgehead atoms. The maximum atomic E-state index is 12.7. The van der Waals surface area contributed by atoms with Crippen molar-refractivity contribution in [2.45, 2.75) is 27.7 Å². The van der Waals surface area contributed by atoms with Crippen LogP contribution in [-0.2, 0) is 4.79 Å². The second kappa shape index (κ2) is 9.10. The third kappa shape index (κ3) is 4.42. The van der Waals surface area contributed by atoms with Crippen molar-refractivity contribution in [1.82, 2.24) is 4.98 Å². The first-order valence-corrected chi connectivity index (χ1v) is 10.6. The lowest BCUT2D eigenvalue weighted by molar-refractivity contribution is -0.111. The molecule has 0 atom stereocenters. The molecule has 2 heterocycles. The van der Waals surface area contributed by atoms with E-state index in [2.05, 4.69) is 41.5 Å². The Kier molecular flexibility index (Phi) is 6.08. The van der Waals surface area contributed by atoms with E-state index in [4.69, 9.17) is 9.15 Å². The summed E-state index contributed by atoms with van der Waals surface area (Å²) >= 11 is 0. The van der Waals surface area contributed by atoms with Crippen LogP contribution in [0.15, 0.2) is 71.5 Å². The van der Waals surface area contributed by atoms with Gasteiger partial charge in [-0.25, -0.2) is 4.98 Å². The first kappa shape index (κ1) is 21.4. The highest BCUT2D eigenvalue weighted by atomic mass is 16.5. The Bertz CT molecular complexity index is 1300. The van der Waals surface area contributed by atoms with Crippen LogP contribution in [0.3, 0.4) is 0 Å². The lowest BCUT2D eigenvalue weighted by Crippen LogP contribution is -2.11. The Hall–Kier alpha value is -3.86. The summed E-state index contributed by atoms with van der Waals surface area (Å²) in [6.45, 7) is 8.32. The van der Waals surface area contributed by atoms with Crippen LogP contribution in [0.2, 0.25) is 0 Å². The van der Waals surface area contributed by atoms with Crippen LogP contribution in [0.4, 0.5) is 5.82 Å². The van der Waals surface area contributed by atoms with E-state index in [0.29, 0.717) is 18.2 Å². The van der Waals surface area contributed by atoms with Gasteiger partial charge in [-0.3, -0.25) is 4.79 Å². The van der Waals surface area contributed by atoms with Gasteiger partial charge in [0.05, 0.1) is 12.9 Å². The zero-order valence-electron chi connectivity index (χ0n) is 18.7. The zero-order valence-corrected chi connectivity index (χ0v) is 18.7. The molecule has 32 heavy (non-hydrogen) atoms. The van der Waals surface area contributed by atoms with Gasteiger partial charge in [0, 0.05) is 34.9 Å². The van der Waals surface area contributed by atoms with Gasteiger partial charge in [0.25, 0.3) is 0 Å². The van der Waals surface area contributed by atoms with Gasteiger partial charge in [-0.05, 0) is 56.5 Å². The number of allylic oxidation sites excluding steroid dienone is 1. The molecule has 5 heteroatoms. The Morgan fingerprint density at radius 1 is 1.16 bits per heavy atom. The van der Waals surface area contributed by atoms with Crippen molar-refractivity contribution < 1.29 is 13.9 Å². The topological polar surface area (TPSA) is 64.4 Å². The molecule has 0 unspecified atom stereocenters. The van der Waals surface area contributed by atoms with E-state index < -0.39 is 0 Å². The van der Waals surface area contributed by atoms with Gasteiger partial charge in [0.15, 0.2) is 0 Å². The number of hydrogen-bond donors (Lipinski definition) is 1. The minimum absolute atomic E-state index is 0.238. The molecule has 0 spiro atoms. The van der Waals surface area contributed by atoms with Crippen LogP contribution in [0.25, 0.3) is 27.7 Å². The van der Waals surface area contributed by atoms with Gasteiger partial charge in [0.2, 0.25) is 5.91 Å². The van der Waals surface area contributed by atoms with Gasteiger partial charge >= 0.3 is 0 Å². The first-order valence-electron chi connectivity index (χ1n) is 10.6. The van der Waals surface area contributed by atoms with E-state index in [1.807, 2.05) is 45.0 Å². The number of nitrogens with zero attached hydrogens (tertiary/aromatic N) is 1. The molecule has 0 saturated carbocycles. The van der Waals surface area contributed by atoms with Crippen LogP contribution < -0.4 is 10.1 Å². The summed E-state index contributed by atoms with van der Waals surface area (Å²) in [7, 11) is 0. The minimum Gasteiger partial charge on any atom is -0.493 e. The number of hydrogen-bond acceptors (Lipinski definition) is 4. The number of benzene rings is 2. The molecule has 4 aromatic rings. The van der Waals surface area contributed by atoms with Crippen LogP contribution in [0.5, 0.6) is 5.75 Å². The average molecular weight is 427 g/mol. The number of pyridine rings is 1. The highest BCUT2D eigenvalue weighted by molar-refractivity contribution is 6.05. The highest BCUT2D eigenvalue weighted by Crippen LogP contribution is 2.37. The largest absolute Gasteiger partial charge is 0.493 e. The molecule has 0 saturated heterocycles. The van der Waals surface area contributed by atoms with Crippen molar-refractivity contribution >= 4 is 28.3 Å². The number of aromatic nitrogens is 1. The number of anilines is 1. The molecule has 0 radical (unpaired) electrons. The first-order chi connectivity index (χ1) is 15.5. The summed E-state index contributed by atoms with van der Waals surface area (Å²) < 4.78 is 11.7. The smallest absolute Gasteiger partial charge is 0.249 e. The molecule has 0 aliphatic heterocycles. The second-order valence-corrected chi connectivity index (χ2v) is 7.78. The van der Waals surface area contributed by atoms with Crippen molar-refractivity contribution in [1.29, 1.82) is 0 Å². The van der Waals surface area contributed by atoms with E-state index in [0.717, 1.165) is 38.8 Å². The minimum atomic E-state index is -0.238. The fourth-order valence-corrected chi connectivity index (χ4v) is 3.64. The van der Waals surface area contributed by atoms with E-state index in [-0.39, 0.29) is 5.91 Å². The molecule has 0 fully saturated rings. The molecule has 2 aromatic carbocycles. The molecule has 5 nitrogen and oxygen atoms in total. The quantitative estimate of drug-likeness (QED) is 0.355. The van der Waals surface area contributed by atoms with Gasteiger partial charge < -0.3 is 14.5 Å². The second-order valence-electron chi connectivity index (χ2n) is 7.78. The maximum Gasteiger partial charge on any atom is 0.249 e.